The summed E-state index contributed by atoms with van der Waals surface area (Å²) in [5.41, 5.74) is -2.59. The van der Waals surface area contributed by atoms with Gasteiger partial charge in [-0.25, -0.2) is 0 Å². The molecule has 1 saturated heterocycles. The Balaban J connectivity index is 3.36. The van der Waals surface area contributed by atoms with Crippen molar-refractivity contribution >= 4 is 5.97 Å². The molecule has 0 spiro atoms. The number of nitriles is 1. The van der Waals surface area contributed by atoms with Crippen molar-refractivity contribution in [1.82, 2.24) is 0 Å². The van der Waals surface area contributed by atoms with E-state index in [-0.39, 0.29) is 13.0 Å². The average molecular weight is 269 g/mol. The molecule has 5 nitrogen and oxygen atoms in total. The summed E-state index contributed by atoms with van der Waals surface area (Å²) in [6, 6.07) is 2.28. The predicted molar refractivity (Wildman–Crippen MR) is 69.3 cm³/mol. The second-order valence-corrected chi connectivity index (χ2v) is 6.86. The molecule has 1 fully saturated rings. The van der Waals surface area contributed by atoms with E-state index in [4.69, 9.17) is 14.6 Å². The Morgan fingerprint density at radius 1 is 1.37 bits per heavy atom. The minimum Gasteiger partial charge on any atom is -0.481 e. The predicted octanol–water partition coefficient (Wildman–Crippen LogP) is 2.56. The number of rotatable bonds is 2. The van der Waals surface area contributed by atoms with Crippen molar-refractivity contribution in [2.45, 2.75) is 59.4 Å². The van der Waals surface area contributed by atoms with Crippen molar-refractivity contribution in [1.29, 1.82) is 5.26 Å². The fourth-order valence-electron chi connectivity index (χ4n) is 2.90. The van der Waals surface area contributed by atoms with Crippen LogP contribution in [0, 0.1) is 22.2 Å². The molecule has 0 amide bonds. The van der Waals surface area contributed by atoms with E-state index in [1.165, 1.54) is 0 Å². The van der Waals surface area contributed by atoms with Crippen LogP contribution < -0.4 is 0 Å². The van der Waals surface area contributed by atoms with Gasteiger partial charge in [-0.15, -0.1) is 0 Å². The van der Waals surface area contributed by atoms with Gasteiger partial charge >= 0.3 is 5.97 Å². The summed E-state index contributed by atoms with van der Waals surface area (Å²) in [5.74, 6) is -1.88. The lowest BCUT2D eigenvalue weighted by Gasteiger charge is -2.57. The summed E-state index contributed by atoms with van der Waals surface area (Å²) < 4.78 is 11.5. The number of hydrogen-bond donors (Lipinski definition) is 1. The second-order valence-electron chi connectivity index (χ2n) is 6.86. The third kappa shape index (κ3) is 2.60. The summed E-state index contributed by atoms with van der Waals surface area (Å²) >= 11 is 0. The van der Waals surface area contributed by atoms with Gasteiger partial charge in [0.2, 0.25) is 0 Å². The number of aliphatic carboxylic acids is 1. The van der Waals surface area contributed by atoms with Crippen LogP contribution in [0.4, 0.5) is 0 Å². The zero-order chi connectivity index (χ0) is 15.1. The highest BCUT2D eigenvalue weighted by molar-refractivity contribution is 5.68. The first-order chi connectivity index (χ1) is 8.39. The van der Waals surface area contributed by atoms with Gasteiger partial charge in [0.1, 0.15) is 11.0 Å². The van der Waals surface area contributed by atoms with E-state index in [1.807, 2.05) is 20.8 Å². The summed E-state index contributed by atoms with van der Waals surface area (Å²) in [4.78, 5) is 11.2. The first-order valence-corrected chi connectivity index (χ1v) is 6.36. The molecule has 5 heteroatoms. The van der Waals surface area contributed by atoms with Crippen molar-refractivity contribution in [2.24, 2.45) is 10.8 Å². The molecule has 1 aliphatic rings. The molecule has 0 saturated carbocycles. The highest BCUT2D eigenvalue weighted by Crippen LogP contribution is 2.54. The maximum Gasteiger partial charge on any atom is 0.306 e. The van der Waals surface area contributed by atoms with Gasteiger partial charge in [-0.2, -0.15) is 5.26 Å². The van der Waals surface area contributed by atoms with E-state index in [1.54, 1.807) is 20.8 Å². The summed E-state index contributed by atoms with van der Waals surface area (Å²) in [5, 5.41) is 18.9. The highest BCUT2D eigenvalue weighted by Gasteiger charge is 2.62. The van der Waals surface area contributed by atoms with Crippen LogP contribution in [0.1, 0.15) is 48.0 Å². The zero-order valence-electron chi connectivity index (χ0n) is 12.5. The lowest BCUT2D eigenvalue weighted by atomic mass is 9.57. The van der Waals surface area contributed by atoms with Gasteiger partial charge in [-0.05, 0) is 26.2 Å². The van der Waals surface area contributed by atoms with Crippen molar-refractivity contribution in [3.63, 3.8) is 0 Å². The molecule has 1 aliphatic heterocycles. The van der Waals surface area contributed by atoms with E-state index < -0.39 is 28.2 Å². The van der Waals surface area contributed by atoms with Crippen LogP contribution in [0.3, 0.4) is 0 Å². The van der Waals surface area contributed by atoms with E-state index in [2.05, 4.69) is 6.07 Å². The number of hydrogen-bond acceptors (Lipinski definition) is 4. The number of ether oxygens (including phenoxy) is 2. The fourth-order valence-corrected chi connectivity index (χ4v) is 2.90. The van der Waals surface area contributed by atoms with Crippen LogP contribution in [0.15, 0.2) is 0 Å². The molecule has 1 rings (SSSR count). The van der Waals surface area contributed by atoms with Gasteiger partial charge in [0, 0.05) is 0 Å². The Hall–Kier alpha value is -1.12. The third-order valence-electron chi connectivity index (χ3n) is 3.97. The van der Waals surface area contributed by atoms with Gasteiger partial charge < -0.3 is 14.6 Å². The number of carboxylic acids is 1. The van der Waals surface area contributed by atoms with Crippen LogP contribution in [0.25, 0.3) is 0 Å². The minimum absolute atomic E-state index is 0.157. The van der Waals surface area contributed by atoms with E-state index in [0.29, 0.717) is 0 Å². The fraction of sp³-hybridized carbons (Fsp3) is 0.857. The Morgan fingerprint density at radius 3 is 2.26 bits per heavy atom. The lowest BCUT2D eigenvalue weighted by Crippen LogP contribution is -2.65. The molecule has 0 aromatic heterocycles. The van der Waals surface area contributed by atoms with Crippen LogP contribution in [-0.2, 0) is 14.3 Å². The topological polar surface area (TPSA) is 79.5 Å². The summed E-state index contributed by atoms with van der Waals surface area (Å²) in [6.07, 6.45) is -0.232. The molecule has 0 aromatic rings. The first kappa shape index (κ1) is 15.9. The Bertz CT molecular complexity index is 418. The first-order valence-electron chi connectivity index (χ1n) is 6.36. The van der Waals surface area contributed by atoms with Gasteiger partial charge in [0.15, 0.2) is 5.79 Å². The molecule has 2 unspecified atom stereocenters. The number of carbonyl (C=O) groups is 1. The normalized spacial score (nSPS) is 34.6. The number of carboxylic acid groups (broad SMARTS) is 1. The monoisotopic (exact) mass is 269 g/mol. The molecule has 1 heterocycles. The molecule has 0 bridgehead atoms. The quantitative estimate of drug-likeness (QED) is 0.833. The molecular weight excluding hydrogens is 246 g/mol. The average Bonchev–Trinajstić information content (AvgIpc) is 2.12. The van der Waals surface area contributed by atoms with Crippen LogP contribution in [0.2, 0.25) is 0 Å². The largest absolute Gasteiger partial charge is 0.481 e. The summed E-state index contributed by atoms with van der Waals surface area (Å²) in [6.45, 7) is 11.0. The summed E-state index contributed by atoms with van der Waals surface area (Å²) in [7, 11) is 0. The SMILES string of the molecule is CC1(C)OCC(C#N)(C(C)(C)C)C(C)(CC(=O)O)O1. The van der Waals surface area contributed by atoms with Crippen molar-refractivity contribution < 1.29 is 19.4 Å². The van der Waals surface area contributed by atoms with Gasteiger partial charge in [-0.3, -0.25) is 4.79 Å². The van der Waals surface area contributed by atoms with E-state index in [9.17, 15) is 10.1 Å². The van der Waals surface area contributed by atoms with Crippen molar-refractivity contribution in [3.8, 4) is 6.07 Å². The lowest BCUT2D eigenvalue weighted by molar-refractivity contribution is -0.357. The Morgan fingerprint density at radius 2 is 1.89 bits per heavy atom. The van der Waals surface area contributed by atoms with Crippen molar-refractivity contribution in [2.75, 3.05) is 6.61 Å². The molecule has 19 heavy (non-hydrogen) atoms. The van der Waals surface area contributed by atoms with Gasteiger partial charge in [-0.1, -0.05) is 20.8 Å². The van der Waals surface area contributed by atoms with Gasteiger partial charge in [0.25, 0.3) is 0 Å². The molecule has 2 atom stereocenters. The van der Waals surface area contributed by atoms with Crippen LogP contribution in [-0.4, -0.2) is 29.1 Å². The standard InChI is InChI=1S/C14H23NO4/c1-11(2,3)14(8-15)9-18-12(4,5)19-13(14,6)7-10(16)17/h7,9H2,1-6H3,(H,16,17). The van der Waals surface area contributed by atoms with Crippen molar-refractivity contribution in [3.05, 3.63) is 0 Å². The molecular formula is C14H23NO4. The molecule has 108 valence electrons. The van der Waals surface area contributed by atoms with E-state index in [0.717, 1.165) is 0 Å². The second kappa shape index (κ2) is 4.46. The molecule has 0 aromatic carbocycles. The maximum absolute atomic E-state index is 11.2. The van der Waals surface area contributed by atoms with Crippen LogP contribution in [0.5, 0.6) is 0 Å². The molecule has 0 radical (unpaired) electrons. The molecule has 0 aliphatic carbocycles. The Labute approximate surface area is 114 Å². The molecule has 1 N–H and O–H groups in total. The van der Waals surface area contributed by atoms with Gasteiger partial charge in [0.05, 0.1) is 19.1 Å². The zero-order valence-corrected chi connectivity index (χ0v) is 12.5. The Kier molecular flexibility index (Phi) is 3.74. The van der Waals surface area contributed by atoms with Crippen LogP contribution >= 0.6 is 0 Å². The number of nitrogens with zero attached hydrogens (tertiary/aromatic N) is 1. The minimum atomic E-state index is -1.10. The van der Waals surface area contributed by atoms with E-state index >= 15 is 0 Å². The maximum atomic E-state index is 11.2. The smallest absolute Gasteiger partial charge is 0.306 e. The third-order valence-corrected chi connectivity index (χ3v) is 3.97. The highest BCUT2D eigenvalue weighted by atomic mass is 16.7.